The topological polar surface area (TPSA) is 58.6 Å². The van der Waals surface area contributed by atoms with Gasteiger partial charge in [0.05, 0.1) is 11.3 Å². The molecule has 31 heavy (non-hydrogen) atoms. The first-order valence-electron chi connectivity index (χ1n) is 10.4. The maximum absolute atomic E-state index is 13.0. The first kappa shape index (κ1) is 22.1. The Labute approximate surface area is 183 Å². The van der Waals surface area contributed by atoms with E-state index in [1.807, 2.05) is 54.6 Å². The van der Waals surface area contributed by atoms with Gasteiger partial charge in [-0.2, -0.15) is 0 Å². The van der Waals surface area contributed by atoms with Gasteiger partial charge in [0.2, 0.25) is 0 Å². The molecule has 3 aromatic rings. The highest BCUT2D eigenvalue weighted by atomic mass is 16.5. The number of hydrogen-bond acceptors (Lipinski definition) is 3. The van der Waals surface area contributed by atoms with Crippen molar-refractivity contribution in [2.45, 2.75) is 26.3 Å². The number of amides is 2. The molecule has 0 spiro atoms. The standard InChI is InChI=1S/C26H28N2O3/c1-19(2)21-13-8-10-16-24(21)31-18-25(29)27-23-15-9-7-14-22(23)26(30)28(3)17-20-11-5-4-6-12-20/h4-16,19H,17-18H2,1-3H3,(H,27,29). The highest BCUT2D eigenvalue weighted by molar-refractivity contribution is 6.03. The van der Waals surface area contributed by atoms with Crippen LogP contribution in [0.4, 0.5) is 5.69 Å². The molecule has 0 radical (unpaired) electrons. The SMILES string of the molecule is CC(C)c1ccccc1OCC(=O)Nc1ccccc1C(=O)N(C)Cc1ccccc1. The van der Waals surface area contributed by atoms with Crippen molar-refractivity contribution in [1.29, 1.82) is 0 Å². The van der Waals surface area contributed by atoms with E-state index >= 15 is 0 Å². The summed E-state index contributed by atoms with van der Waals surface area (Å²) in [5.74, 6) is 0.507. The van der Waals surface area contributed by atoms with Gasteiger partial charge >= 0.3 is 0 Å². The van der Waals surface area contributed by atoms with Crippen molar-refractivity contribution in [1.82, 2.24) is 4.90 Å². The highest BCUT2D eigenvalue weighted by Crippen LogP contribution is 2.26. The lowest BCUT2D eigenvalue weighted by molar-refractivity contribution is -0.118. The number of carbonyl (C=O) groups is 2. The van der Waals surface area contributed by atoms with Crippen molar-refractivity contribution in [2.24, 2.45) is 0 Å². The number of anilines is 1. The average molecular weight is 417 g/mol. The Morgan fingerprint density at radius 2 is 1.55 bits per heavy atom. The molecule has 0 aliphatic carbocycles. The first-order chi connectivity index (χ1) is 15.0. The predicted molar refractivity (Wildman–Crippen MR) is 123 cm³/mol. The largest absolute Gasteiger partial charge is 0.483 e. The van der Waals surface area contributed by atoms with Gasteiger partial charge in [0, 0.05) is 13.6 Å². The lowest BCUT2D eigenvalue weighted by atomic mass is 10.0. The minimum absolute atomic E-state index is 0.133. The van der Waals surface area contributed by atoms with E-state index in [9.17, 15) is 9.59 Å². The molecule has 0 aliphatic rings. The second kappa shape index (κ2) is 10.4. The Morgan fingerprint density at radius 1 is 0.903 bits per heavy atom. The third-order valence-corrected chi connectivity index (χ3v) is 4.94. The third-order valence-electron chi connectivity index (χ3n) is 4.94. The molecule has 0 heterocycles. The summed E-state index contributed by atoms with van der Waals surface area (Å²) in [6.45, 7) is 4.51. The number of ether oxygens (including phenoxy) is 1. The molecular formula is C26H28N2O3. The van der Waals surface area contributed by atoms with Crippen molar-refractivity contribution < 1.29 is 14.3 Å². The second-order valence-electron chi connectivity index (χ2n) is 7.72. The van der Waals surface area contributed by atoms with Crippen molar-refractivity contribution in [3.8, 4) is 5.75 Å². The summed E-state index contributed by atoms with van der Waals surface area (Å²) < 4.78 is 5.75. The van der Waals surface area contributed by atoms with Crippen LogP contribution in [0.15, 0.2) is 78.9 Å². The molecule has 0 atom stereocenters. The molecule has 0 aliphatic heterocycles. The molecule has 3 aromatic carbocycles. The van der Waals surface area contributed by atoms with Crippen LogP contribution in [0, 0.1) is 0 Å². The van der Waals surface area contributed by atoms with E-state index in [1.165, 1.54) is 0 Å². The molecule has 0 aromatic heterocycles. The first-order valence-corrected chi connectivity index (χ1v) is 10.4. The molecule has 0 saturated heterocycles. The van der Waals surface area contributed by atoms with Crippen LogP contribution < -0.4 is 10.1 Å². The van der Waals surface area contributed by atoms with Crippen LogP contribution in [-0.4, -0.2) is 30.4 Å². The second-order valence-corrected chi connectivity index (χ2v) is 7.72. The minimum Gasteiger partial charge on any atom is -0.483 e. The molecule has 0 saturated carbocycles. The summed E-state index contributed by atoms with van der Waals surface area (Å²) in [6.07, 6.45) is 0. The molecule has 3 rings (SSSR count). The minimum atomic E-state index is -0.315. The number of rotatable bonds is 8. The summed E-state index contributed by atoms with van der Waals surface area (Å²) in [4.78, 5) is 27.2. The monoisotopic (exact) mass is 416 g/mol. The number of hydrogen-bond donors (Lipinski definition) is 1. The maximum Gasteiger partial charge on any atom is 0.262 e. The molecule has 5 nitrogen and oxygen atoms in total. The van der Waals surface area contributed by atoms with Crippen molar-refractivity contribution in [3.63, 3.8) is 0 Å². The Kier molecular flexibility index (Phi) is 7.44. The van der Waals surface area contributed by atoms with E-state index in [4.69, 9.17) is 4.74 Å². The van der Waals surface area contributed by atoms with Gasteiger partial charge < -0.3 is 15.0 Å². The van der Waals surface area contributed by atoms with Gasteiger partial charge in [-0.15, -0.1) is 0 Å². The zero-order chi connectivity index (χ0) is 22.2. The van der Waals surface area contributed by atoms with Gasteiger partial charge in [0.25, 0.3) is 11.8 Å². The summed E-state index contributed by atoms with van der Waals surface area (Å²) in [7, 11) is 1.75. The number of nitrogens with one attached hydrogen (secondary N) is 1. The number of benzene rings is 3. The van der Waals surface area contributed by atoms with E-state index in [-0.39, 0.29) is 24.3 Å². The molecule has 0 bridgehead atoms. The third kappa shape index (κ3) is 5.95. The highest BCUT2D eigenvalue weighted by Gasteiger charge is 2.17. The van der Waals surface area contributed by atoms with Crippen LogP contribution in [0.1, 0.15) is 41.3 Å². The molecular weight excluding hydrogens is 388 g/mol. The van der Waals surface area contributed by atoms with Crippen LogP contribution in [0.5, 0.6) is 5.75 Å². The summed E-state index contributed by atoms with van der Waals surface area (Å²) in [5.41, 5.74) is 3.00. The molecule has 5 heteroatoms. The van der Waals surface area contributed by atoms with Crippen LogP contribution in [0.2, 0.25) is 0 Å². The summed E-state index contributed by atoms with van der Waals surface area (Å²) >= 11 is 0. The van der Waals surface area contributed by atoms with E-state index in [1.54, 1.807) is 36.2 Å². The van der Waals surface area contributed by atoms with E-state index in [0.717, 1.165) is 11.1 Å². The fourth-order valence-corrected chi connectivity index (χ4v) is 3.33. The number of nitrogens with zero attached hydrogens (tertiary/aromatic N) is 1. The van der Waals surface area contributed by atoms with Crippen molar-refractivity contribution >= 4 is 17.5 Å². The van der Waals surface area contributed by atoms with Crippen molar-refractivity contribution in [2.75, 3.05) is 19.0 Å². The Morgan fingerprint density at radius 3 is 2.29 bits per heavy atom. The lowest BCUT2D eigenvalue weighted by Crippen LogP contribution is -2.28. The summed E-state index contributed by atoms with van der Waals surface area (Å²) in [6, 6.07) is 24.5. The Balaban J connectivity index is 1.66. The zero-order valence-corrected chi connectivity index (χ0v) is 18.2. The Hall–Kier alpha value is -3.60. The molecule has 0 unspecified atom stereocenters. The predicted octanol–water partition coefficient (Wildman–Crippen LogP) is 5.10. The van der Waals surface area contributed by atoms with Crippen molar-refractivity contribution in [3.05, 3.63) is 95.6 Å². The molecule has 160 valence electrons. The van der Waals surface area contributed by atoms with Crippen LogP contribution in [0.25, 0.3) is 0 Å². The van der Waals surface area contributed by atoms with Crippen LogP contribution in [0.3, 0.4) is 0 Å². The van der Waals surface area contributed by atoms with Gasteiger partial charge in [0.1, 0.15) is 5.75 Å². The number of para-hydroxylation sites is 2. The fraction of sp³-hybridized carbons (Fsp3) is 0.231. The zero-order valence-electron chi connectivity index (χ0n) is 18.2. The van der Waals surface area contributed by atoms with Crippen LogP contribution >= 0.6 is 0 Å². The lowest BCUT2D eigenvalue weighted by Gasteiger charge is -2.19. The fourth-order valence-electron chi connectivity index (χ4n) is 3.33. The quantitative estimate of drug-likeness (QED) is 0.556. The maximum atomic E-state index is 13.0. The number of carbonyl (C=O) groups excluding carboxylic acids is 2. The average Bonchev–Trinajstić information content (AvgIpc) is 2.78. The molecule has 1 N–H and O–H groups in total. The van der Waals surface area contributed by atoms with Crippen LogP contribution in [-0.2, 0) is 11.3 Å². The van der Waals surface area contributed by atoms with Gasteiger partial charge in [-0.3, -0.25) is 9.59 Å². The van der Waals surface area contributed by atoms with E-state index in [0.29, 0.717) is 23.5 Å². The van der Waals surface area contributed by atoms with Gasteiger partial charge in [-0.25, -0.2) is 0 Å². The van der Waals surface area contributed by atoms with Gasteiger partial charge in [0.15, 0.2) is 6.61 Å². The van der Waals surface area contributed by atoms with E-state index < -0.39 is 0 Å². The normalized spacial score (nSPS) is 10.6. The Bertz CT molecular complexity index is 1030. The van der Waals surface area contributed by atoms with E-state index in [2.05, 4.69) is 19.2 Å². The van der Waals surface area contributed by atoms with Gasteiger partial charge in [-0.1, -0.05) is 74.5 Å². The molecule has 0 fully saturated rings. The summed E-state index contributed by atoms with van der Waals surface area (Å²) in [5, 5.41) is 2.82. The smallest absolute Gasteiger partial charge is 0.262 e. The van der Waals surface area contributed by atoms with Gasteiger partial charge in [-0.05, 0) is 35.2 Å². The molecule has 2 amide bonds.